The van der Waals surface area contributed by atoms with Crippen LogP contribution in [0.2, 0.25) is 0 Å². The van der Waals surface area contributed by atoms with Crippen LogP contribution in [0.1, 0.15) is 20.8 Å². The molecular weight excluding hydrogens is 294 g/mol. The third-order valence-corrected chi connectivity index (χ3v) is 3.24. The van der Waals surface area contributed by atoms with Gasteiger partial charge in [0.05, 0.1) is 0 Å². The molecule has 106 valence electrons. The Morgan fingerprint density at radius 1 is 1.37 bits per heavy atom. The maximum atomic E-state index is 11.5. The predicted molar refractivity (Wildman–Crippen MR) is 71.0 cm³/mol. The van der Waals surface area contributed by atoms with E-state index in [9.17, 15) is 18.3 Å². The molecule has 0 unspecified atom stereocenters. The van der Waals surface area contributed by atoms with Gasteiger partial charge in [0.25, 0.3) is 9.05 Å². The zero-order valence-electron chi connectivity index (χ0n) is 10.6. The van der Waals surface area contributed by atoms with Crippen molar-refractivity contribution in [1.29, 1.82) is 0 Å². The minimum atomic E-state index is -4.03. The normalized spacial score (nSPS) is 12.0. The van der Waals surface area contributed by atoms with Crippen LogP contribution in [-0.2, 0) is 13.8 Å². The van der Waals surface area contributed by atoms with Crippen molar-refractivity contribution in [3.05, 3.63) is 18.2 Å². The lowest BCUT2D eigenvalue weighted by Gasteiger charge is -2.19. The van der Waals surface area contributed by atoms with Crippen molar-refractivity contribution in [2.45, 2.75) is 31.3 Å². The summed E-state index contributed by atoms with van der Waals surface area (Å²) in [5.74, 6) is -0.552. The SMILES string of the molecule is CC(C)(C)OC(=O)Nc1ccc(S(=O)(=O)Cl)c(O)c1. The van der Waals surface area contributed by atoms with Crippen LogP contribution < -0.4 is 5.32 Å². The van der Waals surface area contributed by atoms with E-state index in [2.05, 4.69) is 5.32 Å². The molecule has 0 aliphatic heterocycles. The van der Waals surface area contributed by atoms with Gasteiger partial charge < -0.3 is 9.84 Å². The van der Waals surface area contributed by atoms with Gasteiger partial charge >= 0.3 is 6.09 Å². The molecule has 0 atom stereocenters. The van der Waals surface area contributed by atoms with E-state index in [0.29, 0.717) is 0 Å². The van der Waals surface area contributed by atoms with Gasteiger partial charge in [-0.25, -0.2) is 13.2 Å². The number of phenols is 1. The number of hydrogen-bond donors (Lipinski definition) is 2. The van der Waals surface area contributed by atoms with Gasteiger partial charge in [-0.15, -0.1) is 0 Å². The highest BCUT2D eigenvalue weighted by Crippen LogP contribution is 2.28. The van der Waals surface area contributed by atoms with E-state index >= 15 is 0 Å². The first-order valence-electron chi connectivity index (χ1n) is 5.27. The average molecular weight is 308 g/mol. The number of carbonyl (C=O) groups excluding carboxylic acids is 1. The molecule has 1 aromatic carbocycles. The number of hydrogen-bond acceptors (Lipinski definition) is 5. The van der Waals surface area contributed by atoms with E-state index in [0.717, 1.165) is 12.1 Å². The lowest BCUT2D eigenvalue weighted by atomic mass is 10.2. The minimum absolute atomic E-state index is 0.191. The smallest absolute Gasteiger partial charge is 0.412 e. The first kappa shape index (κ1) is 15.6. The quantitative estimate of drug-likeness (QED) is 0.819. The van der Waals surface area contributed by atoms with Crippen LogP contribution in [0.3, 0.4) is 0 Å². The van der Waals surface area contributed by atoms with Crippen LogP contribution in [0.25, 0.3) is 0 Å². The molecule has 0 saturated heterocycles. The zero-order chi connectivity index (χ0) is 14.8. The summed E-state index contributed by atoms with van der Waals surface area (Å²) in [7, 11) is 1.08. The molecule has 0 aromatic heterocycles. The second-order valence-electron chi connectivity index (χ2n) is 4.75. The molecule has 0 heterocycles. The molecule has 0 fully saturated rings. The Morgan fingerprint density at radius 3 is 2.37 bits per heavy atom. The van der Waals surface area contributed by atoms with Crippen LogP contribution in [-0.4, -0.2) is 25.2 Å². The lowest BCUT2D eigenvalue weighted by molar-refractivity contribution is 0.0636. The number of aromatic hydroxyl groups is 1. The summed E-state index contributed by atoms with van der Waals surface area (Å²) in [6, 6.07) is 3.45. The average Bonchev–Trinajstić information content (AvgIpc) is 2.11. The Kier molecular flexibility index (Phi) is 4.32. The van der Waals surface area contributed by atoms with Gasteiger partial charge in [0.15, 0.2) is 0 Å². The summed E-state index contributed by atoms with van der Waals surface area (Å²) in [5.41, 5.74) is -0.471. The molecule has 1 aromatic rings. The van der Waals surface area contributed by atoms with E-state index in [1.54, 1.807) is 20.8 Å². The highest BCUT2D eigenvalue weighted by Gasteiger charge is 2.18. The van der Waals surface area contributed by atoms with Gasteiger partial charge in [-0.2, -0.15) is 0 Å². The zero-order valence-corrected chi connectivity index (χ0v) is 12.2. The number of amides is 1. The molecule has 0 radical (unpaired) electrons. The first-order chi connectivity index (χ1) is 8.49. The molecule has 0 aliphatic carbocycles. The van der Waals surface area contributed by atoms with Gasteiger partial charge in [0.1, 0.15) is 16.2 Å². The fourth-order valence-electron chi connectivity index (χ4n) is 1.22. The number of halogens is 1. The number of phenolic OH excluding ortho intramolecular Hbond substituents is 1. The summed E-state index contributed by atoms with van der Waals surface area (Å²) in [6.45, 7) is 5.10. The van der Waals surface area contributed by atoms with Crippen molar-refractivity contribution in [1.82, 2.24) is 0 Å². The first-order valence-corrected chi connectivity index (χ1v) is 7.58. The summed E-state index contributed by atoms with van der Waals surface area (Å²) in [4.78, 5) is 11.0. The van der Waals surface area contributed by atoms with Crippen molar-refractivity contribution < 1.29 is 23.1 Å². The minimum Gasteiger partial charge on any atom is -0.506 e. The van der Waals surface area contributed by atoms with Crippen molar-refractivity contribution in [2.75, 3.05) is 5.32 Å². The molecule has 1 rings (SSSR count). The second kappa shape index (κ2) is 5.26. The second-order valence-corrected chi connectivity index (χ2v) is 7.28. The molecule has 8 heteroatoms. The topological polar surface area (TPSA) is 92.7 Å². The maximum absolute atomic E-state index is 11.5. The van der Waals surface area contributed by atoms with Crippen molar-refractivity contribution in [3.8, 4) is 5.75 Å². The Bertz CT molecular complexity index is 592. The number of benzene rings is 1. The number of rotatable bonds is 2. The lowest BCUT2D eigenvalue weighted by Crippen LogP contribution is -2.27. The molecule has 0 bridgehead atoms. The molecule has 0 saturated carbocycles. The van der Waals surface area contributed by atoms with Crippen LogP contribution >= 0.6 is 10.7 Å². The predicted octanol–water partition coefficient (Wildman–Crippen LogP) is 2.67. The van der Waals surface area contributed by atoms with E-state index in [4.69, 9.17) is 15.4 Å². The summed E-state index contributed by atoms with van der Waals surface area (Å²) in [6.07, 6.45) is -0.714. The summed E-state index contributed by atoms with van der Waals surface area (Å²) >= 11 is 0. The van der Waals surface area contributed by atoms with E-state index in [-0.39, 0.29) is 5.69 Å². The van der Waals surface area contributed by atoms with Crippen LogP contribution in [0.4, 0.5) is 10.5 Å². The van der Waals surface area contributed by atoms with Gasteiger partial charge in [-0.05, 0) is 32.9 Å². The number of ether oxygens (including phenoxy) is 1. The standard InChI is InChI=1S/C11H14ClNO5S/c1-11(2,3)18-10(15)13-7-4-5-9(8(14)6-7)19(12,16)17/h4-6,14H,1-3H3,(H,13,15). The number of carbonyl (C=O) groups is 1. The molecule has 6 nitrogen and oxygen atoms in total. The van der Waals surface area contributed by atoms with Crippen LogP contribution in [0, 0.1) is 0 Å². The fourth-order valence-corrected chi connectivity index (χ4v) is 2.15. The molecule has 19 heavy (non-hydrogen) atoms. The Morgan fingerprint density at radius 2 is 1.95 bits per heavy atom. The molecular formula is C11H14ClNO5S. The molecule has 2 N–H and O–H groups in total. The highest BCUT2D eigenvalue weighted by atomic mass is 35.7. The maximum Gasteiger partial charge on any atom is 0.412 e. The number of anilines is 1. The van der Waals surface area contributed by atoms with Crippen molar-refractivity contribution in [3.63, 3.8) is 0 Å². The molecule has 0 spiro atoms. The Balaban J connectivity index is 2.89. The van der Waals surface area contributed by atoms with E-state index in [1.165, 1.54) is 6.07 Å². The largest absolute Gasteiger partial charge is 0.506 e. The molecule has 1 amide bonds. The monoisotopic (exact) mass is 307 g/mol. The third kappa shape index (κ3) is 4.96. The van der Waals surface area contributed by atoms with Gasteiger partial charge in [0.2, 0.25) is 0 Å². The summed E-state index contributed by atoms with van der Waals surface area (Å²) in [5, 5.41) is 11.9. The third-order valence-electron chi connectivity index (χ3n) is 1.87. The van der Waals surface area contributed by atoms with Crippen LogP contribution in [0.15, 0.2) is 23.1 Å². The highest BCUT2D eigenvalue weighted by molar-refractivity contribution is 8.13. The van der Waals surface area contributed by atoms with Gasteiger partial charge in [-0.3, -0.25) is 5.32 Å². The van der Waals surface area contributed by atoms with Crippen molar-refractivity contribution >= 4 is 31.5 Å². The summed E-state index contributed by atoms with van der Waals surface area (Å²) < 4.78 is 27.1. The Labute approximate surface area is 115 Å². The van der Waals surface area contributed by atoms with E-state index < -0.39 is 31.4 Å². The van der Waals surface area contributed by atoms with E-state index in [1.807, 2.05) is 0 Å². The van der Waals surface area contributed by atoms with Crippen molar-refractivity contribution in [2.24, 2.45) is 0 Å². The van der Waals surface area contributed by atoms with Crippen LogP contribution in [0.5, 0.6) is 5.75 Å². The Hall–Kier alpha value is -1.47. The fraction of sp³-hybridized carbons (Fsp3) is 0.364. The van der Waals surface area contributed by atoms with Gasteiger partial charge in [0, 0.05) is 22.4 Å². The van der Waals surface area contributed by atoms with Gasteiger partial charge in [-0.1, -0.05) is 0 Å². The molecule has 0 aliphatic rings. The number of nitrogens with one attached hydrogen (secondary N) is 1.